The van der Waals surface area contributed by atoms with E-state index in [0.717, 1.165) is 5.56 Å². The lowest BCUT2D eigenvalue weighted by atomic mass is 9.86. The average molecular weight is 397 g/mol. The molecule has 0 radical (unpaired) electrons. The molecule has 1 fully saturated rings. The van der Waals surface area contributed by atoms with E-state index in [4.69, 9.17) is 9.47 Å². The molecule has 0 spiro atoms. The van der Waals surface area contributed by atoms with Gasteiger partial charge in [-0.2, -0.15) is 0 Å². The fourth-order valence-corrected chi connectivity index (χ4v) is 3.46. The van der Waals surface area contributed by atoms with E-state index in [9.17, 15) is 9.59 Å². The van der Waals surface area contributed by atoms with Crippen LogP contribution in [-0.2, 0) is 16.1 Å². The van der Waals surface area contributed by atoms with Crippen LogP contribution in [0, 0.1) is 0 Å². The number of anilines is 1. The number of carbonyl (C=O) groups is 2. The van der Waals surface area contributed by atoms with Crippen LogP contribution in [0.2, 0.25) is 0 Å². The molecule has 7 nitrogen and oxygen atoms in total. The minimum Gasteiger partial charge on any atom is -0.495 e. The van der Waals surface area contributed by atoms with Gasteiger partial charge in [0.15, 0.2) is 0 Å². The highest BCUT2D eigenvalue weighted by atomic mass is 16.6. The summed E-state index contributed by atoms with van der Waals surface area (Å²) in [6, 6.07) is 16.9. The topological polar surface area (TPSA) is 79.9 Å². The monoisotopic (exact) mass is 397 g/mol. The molecule has 2 aromatic rings. The largest absolute Gasteiger partial charge is 0.495 e. The zero-order chi connectivity index (χ0) is 20.7. The number of likely N-dealkylation sites (tertiary alicyclic amines) is 1. The molecule has 1 aliphatic rings. The molecule has 0 aromatic heterocycles. The Bertz CT molecular complexity index is 833. The van der Waals surface area contributed by atoms with E-state index in [0.29, 0.717) is 37.4 Å². The van der Waals surface area contributed by atoms with Crippen molar-refractivity contribution < 1.29 is 19.1 Å². The third kappa shape index (κ3) is 4.86. The Morgan fingerprint density at radius 1 is 1.03 bits per heavy atom. The first-order valence-electron chi connectivity index (χ1n) is 9.67. The Morgan fingerprint density at radius 3 is 2.34 bits per heavy atom. The van der Waals surface area contributed by atoms with Crippen LogP contribution in [0.4, 0.5) is 10.5 Å². The lowest BCUT2D eigenvalue weighted by Crippen LogP contribution is -2.59. The lowest BCUT2D eigenvalue weighted by molar-refractivity contribution is -0.124. The van der Waals surface area contributed by atoms with Gasteiger partial charge in [0.1, 0.15) is 17.9 Å². The second-order valence-corrected chi connectivity index (χ2v) is 7.01. The Balaban J connectivity index is 1.57. The molecule has 1 heterocycles. The standard InChI is InChI=1S/C22H27N3O4/c1-23-22(20(26)24-18-10-6-7-11-19(18)28-2)12-14-25(15-13-22)21(27)29-16-17-8-4-3-5-9-17/h3-11,23H,12-16H2,1-2H3,(H,24,26). The maximum atomic E-state index is 13.0. The number of benzene rings is 2. The van der Waals surface area contributed by atoms with Gasteiger partial charge in [-0.15, -0.1) is 0 Å². The minimum absolute atomic E-state index is 0.137. The molecule has 0 atom stereocenters. The number of amides is 2. The van der Waals surface area contributed by atoms with Gasteiger partial charge in [0, 0.05) is 13.1 Å². The number of para-hydroxylation sites is 2. The number of likely N-dealkylation sites (N-methyl/N-ethyl adjacent to an activating group) is 1. The summed E-state index contributed by atoms with van der Waals surface area (Å²) >= 11 is 0. The van der Waals surface area contributed by atoms with E-state index < -0.39 is 5.54 Å². The summed E-state index contributed by atoms with van der Waals surface area (Å²) in [6.45, 7) is 1.11. The van der Waals surface area contributed by atoms with Gasteiger partial charge in [-0.3, -0.25) is 4.79 Å². The highest BCUT2D eigenvalue weighted by Crippen LogP contribution is 2.28. The van der Waals surface area contributed by atoms with Crippen molar-refractivity contribution in [1.82, 2.24) is 10.2 Å². The van der Waals surface area contributed by atoms with Crippen LogP contribution in [-0.4, -0.2) is 49.7 Å². The molecule has 154 valence electrons. The molecule has 1 saturated heterocycles. The maximum Gasteiger partial charge on any atom is 0.410 e. The van der Waals surface area contributed by atoms with Crippen molar-refractivity contribution in [1.29, 1.82) is 0 Å². The van der Waals surface area contributed by atoms with Gasteiger partial charge < -0.3 is 25.0 Å². The summed E-state index contributed by atoms with van der Waals surface area (Å²) in [5.41, 5.74) is 0.815. The molecule has 2 aromatic carbocycles. The Hall–Kier alpha value is -3.06. The van der Waals surface area contributed by atoms with E-state index in [1.807, 2.05) is 42.5 Å². The predicted molar refractivity (Wildman–Crippen MR) is 111 cm³/mol. The molecule has 0 bridgehead atoms. The number of piperidine rings is 1. The van der Waals surface area contributed by atoms with E-state index >= 15 is 0 Å². The van der Waals surface area contributed by atoms with Crippen LogP contribution in [0.3, 0.4) is 0 Å². The van der Waals surface area contributed by atoms with Crippen molar-refractivity contribution in [2.75, 3.05) is 32.6 Å². The summed E-state index contributed by atoms with van der Waals surface area (Å²) in [6.07, 6.45) is 0.624. The van der Waals surface area contributed by atoms with Gasteiger partial charge in [-0.05, 0) is 37.6 Å². The van der Waals surface area contributed by atoms with E-state index in [-0.39, 0.29) is 18.6 Å². The zero-order valence-electron chi connectivity index (χ0n) is 16.8. The molecular weight excluding hydrogens is 370 g/mol. The molecule has 0 aliphatic carbocycles. The van der Waals surface area contributed by atoms with Crippen LogP contribution in [0.15, 0.2) is 54.6 Å². The number of carbonyl (C=O) groups excluding carboxylic acids is 2. The van der Waals surface area contributed by atoms with Crippen LogP contribution in [0.25, 0.3) is 0 Å². The fourth-order valence-electron chi connectivity index (χ4n) is 3.46. The number of rotatable bonds is 6. The maximum absolute atomic E-state index is 13.0. The average Bonchev–Trinajstić information content (AvgIpc) is 2.78. The third-order valence-corrected chi connectivity index (χ3v) is 5.35. The number of hydrogen-bond acceptors (Lipinski definition) is 5. The third-order valence-electron chi connectivity index (χ3n) is 5.35. The van der Waals surface area contributed by atoms with Crippen LogP contribution < -0.4 is 15.4 Å². The molecule has 2 N–H and O–H groups in total. The van der Waals surface area contributed by atoms with Gasteiger partial charge >= 0.3 is 6.09 Å². The summed E-state index contributed by atoms with van der Waals surface area (Å²) in [5, 5.41) is 6.11. The smallest absolute Gasteiger partial charge is 0.410 e. The number of nitrogens with zero attached hydrogens (tertiary/aromatic N) is 1. The Labute approximate surface area is 171 Å². The van der Waals surface area contributed by atoms with Crippen molar-refractivity contribution in [2.45, 2.75) is 25.0 Å². The molecule has 2 amide bonds. The van der Waals surface area contributed by atoms with Crippen molar-refractivity contribution in [2.24, 2.45) is 0 Å². The first-order chi connectivity index (χ1) is 14.1. The second-order valence-electron chi connectivity index (χ2n) is 7.01. The summed E-state index contributed by atoms with van der Waals surface area (Å²) in [7, 11) is 3.34. The van der Waals surface area contributed by atoms with Crippen molar-refractivity contribution in [3.63, 3.8) is 0 Å². The van der Waals surface area contributed by atoms with Gasteiger partial charge in [0.05, 0.1) is 12.8 Å². The molecule has 0 saturated carbocycles. The van der Waals surface area contributed by atoms with Gasteiger partial charge in [-0.1, -0.05) is 42.5 Å². The number of nitrogens with one attached hydrogen (secondary N) is 2. The highest BCUT2D eigenvalue weighted by Gasteiger charge is 2.41. The predicted octanol–water partition coefficient (Wildman–Crippen LogP) is 3.02. The minimum atomic E-state index is -0.753. The Kier molecular flexibility index (Phi) is 6.72. The fraction of sp³-hybridized carbons (Fsp3) is 0.364. The van der Waals surface area contributed by atoms with Crippen molar-refractivity contribution in [3.8, 4) is 5.75 Å². The van der Waals surface area contributed by atoms with Crippen molar-refractivity contribution >= 4 is 17.7 Å². The number of ether oxygens (including phenoxy) is 2. The summed E-state index contributed by atoms with van der Waals surface area (Å²) in [5.74, 6) is 0.468. The summed E-state index contributed by atoms with van der Waals surface area (Å²) < 4.78 is 10.7. The molecular formula is C22H27N3O4. The summed E-state index contributed by atoms with van der Waals surface area (Å²) in [4.78, 5) is 27.0. The highest BCUT2D eigenvalue weighted by molar-refractivity contribution is 5.99. The Morgan fingerprint density at radius 2 is 1.69 bits per heavy atom. The molecule has 7 heteroatoms. The van der Waals surface area contributed by atoms with Crippen LogP contribution in [0.5, 0.6) is 5.75 Å². The second kappa shape index (κ2) is 9.43. The lowest BCUT2D eigenvalue weighted by Gasteiger charge is -2.40. The van der Waals surface area contributed by atoms with E-state index in [1.165, 1.54) is 0 Å². The van der Waals surface area contributed by atoms with E-state index in [1.54, 1.807) is 31.2 Å². The van der Waals surface area contributed by atoms with Gasteiger partial charge in [0.25, 0.3) is 0 Å². The first-order valence-corrected chi connectivity index (χ1v) is 9.67. The number of hydrogen-bond donors (Lipinski definition) is 2. The van der Waals surface area contributed by atoms with E-state index in [2.05, 4.69) is 10.6 Å². The zero-order valence-corrected chi connectivity index (χ0v) is 16.8. The quantitative estimate of drug-likeness (QED) is 0.783. The normalized spacial score (nSPS) is 15.4. The SMILES string of the molecule is CNC1(C(=O)Nc2ccccc2OC)CCN(C(=O)OCc2ccccc2)CC1. The first kappa shape index (κ1) is 20.7. The van der Waals surface area contributed by atoms with Gasteiger partial charge in [-0.25, -0.2) is 4.79 Å². The molecule has 29 heavy (non-hydrogen) atoms. The van der Waals surface area contributed by atoms with Crippen molar-refractivity contribution in [3.05, 3.63) is 60.2 Å². The van der Waals surface area contributed by atoms with Crippen LogP contribution >= 0.6 is 0 Å². The molecule has 1 aliphatic heterocycles. The van der Waals surface area contributed by atoms with Crippen LogP contribution in [0.1, 0.15) is 18.4 Å². The molecule has 0 unspecified atom stereocenters. The molecule has 3 rings (SSSR count). The number of methoxy groups -OCH3 is 1. The van der Waals surface area contributed by atoms with Gasteiger partial charge in [0.2, 0.25) is 5.91 Å².